The highest BCUT2D eigenvalue weighted by atomic mass is 19.4. The van der Waals surface area contributed by atoms with E-state index in [4.69, 9.17) is 9.47 Å². The molecule has 0 saturated heterocycles. The number of nitrogens with zero attached hydrogens (tertiary/aromatic N) is 2. The number of imidazole rings is 1. The predicted molar refractivity (Wildman–Crippen MR) is 101 cm³/mol. The first-order valence-electron chi connectivity index (χ1n) is 9.28. The van der Waals surface area contributed by atoms with Crippen molar-refractivity contribution in [2.75, 3.05) is 7.11 Å². The number of halogens is 3. The zero-order chi connectivity index (χ0) is 21.4. The van der Waals surface area contributed by atoms with Crippen LogP contribution in [0.1, 0.15) is 50.9 Å². The fourth-order valence-corrected chi connectivity index (χ4v) is 2.88. The lowest BCUT2D eigenvalue weighted by molar-refractivity contribution is -0.140. The first kappa shape index (κ1) is 21.0. The summed E-state index contributed by atoms with van der Waals surface area (Å²) in [6.45, 7) is 5.49. The number of amides is 1. The smallest absolute Gasteiger partial charge is 0.434 e. The summed E-state index contributed by atoms with van der Waals surface area (Å²) in [5, 5.41) is 2.64. The Balaban J connectivity index is 1.84. The van der Waals surface area contributed by atoms with Gasteiger partial charge >= 0.3 is 12.3 Å². The SMILES string of the molecule is COc1cc(CNC(=O)OC(C)(C)C)ccc1-c1nc(C(F)(F)F)cn1C1CC1. The highest BCUT2D eigenvalue weighted by molar-refractivity contribution is 5.69. The first-order valence-corrected chi connectivity index (χ1v) is 9.28. The van der Waals surface area contributed by atoms with E-state index in [1.807, 2.05) is 0 Å². The second-order valence-electron chi connectivity index (χ2n) is 7.98. The van der Waals surface area contributed by atoms with Gasteiger partial charge in [-0.15, -0.1) is 0 Å². The maximum Gasteiger partial charge on any atom is 0.434 e. The molecule has 6 nitrogen and oxygen atoms in total. The molecule has 1 aromatic heterocycles. The molecule has 0 radical (unpaired) electrons. The van der Waals surface area contributed by atoms with E-state index in [0.717, 1.165) is 24.6 Å². The van der Waals surface area contributed by atoms with Gasteiger partial charge in [-0.05, 0) is 51.3 Å². The largest absolute Gasteiger partial charge is 0.496 e. The van der Waals surface area contributed by atoms with E-state index in [-0.39, 0.29) is 18.4 Å². The molecule has 9 heteroatoms. The van der Waals surface area contributed by atoms with Crippen LogP contribution in [-0.4, -0.2) is 28.4 Å². The maximum absolute atomic E-state index is 13.2. The second-order valence-corrected chi connectivity index (χ2v) is 7.98. The van der Waals surface area contributed by atoms with Crippen LogP contribution < -0.4 is 10.1 Å². The van der Waals surface area contributed by atoms with Crippen molar-refractivity contribution in [1.29, 1.82) is 0 Å². The molecule has 1 N–H and O–H groups in total. The van der Waals surface area contributed by atoms with Crippen LogP contribution in [0.15, 0.2) is 24.4 Å². The topological polar surface area (TPSA) is 65.4 Å². The molecule has 158 valence electrons. The van der Waals surface area contributed by atoms with E-state index in [0.29, 0.717) is 11.3 Å². The number of benzene rings is 1. The Kier molecular flexibility index (Phi) is 5.51. The van der Waals surface area contributed by atoms with E-state index in [9.17, 15) is 18.0 Å². The van der Waals surface area contributed by atoms with Gasteiger partial charge in [-0.25, -0.2) is 9.78 Å². The van der Waals surface area contributed by atoms with Crippen molar-refractivity contribution in [3.63, 3.8) is 0 Å². The standard InChI is InChI=1S/C20H24F3N3O3/c1-19(2,3)29-18(27)24-10-12-5-8-14(15(9-12)28-4)17-25-16(20(21,22)23)11-26(17)13-6-7-13/h5,8-9,11,13H,6-7,10H2,1-4H3,(H,24,27). The van der Waals surface area contributed by atoms with Crippen molar-refractivity contribution in [2.24, 2.45) is 0 Å². The third-order valence-electron chi connectivity index (χ3n) is 4.31. The lowest BCUT2D eigenvalue weighted by Gasteiger charge is -2.19. The average molecular weight is 411 g/mol. The van der Waals surface area contributed by atoms with E-state index >= 15 is 0 Å². The molecule has 0 atom stereocenters. The molecule has 1 aromatic carbocycles. The van der Waals surface area contributed by atoms with Gasteiger partial charge in [-0.2, -0.15) is 13.2 Å². The van der Waals surface area contributed by atoms with Crippen LogP contribution in [0.5, 0.6) is 5.75 Å². The van der Waals surface area contributed by atoms with Gasteiger partial charge in [0.05, 0.1) is 12.7 Å². The molecule has 29 heavy (non-hydrogen) atoms. The summed E-state index contributed by atoms with van der Waals surface area (Å²) in [6, 6.07) is 5.07. The molecule has 3 rings (SSSR count). The monoisotopic (exact) mass is 411 g/mol. The number of aromatic nitrogens is 2. The molecule has 0 unspecified atom stereocenters. The van der Waals surface area contributed by atoms with Crippen molar-refractivity contribution >= 4 is 6.09 Å². The number of rotatable bonds is 5. The predicted octanol–water partition coefficient (Wildman–Crippen LogP) is 4.94. The molecule has 0 spiro atoms. The second kappa shape index (κ2) is 7.61. The summed E-state index contributed by atoms with van der Waals surface area (Å²) in [6.07, 6.45) is -2.37. The number of hydrogen-bond donors (Lipinski definition) is 1. The van der Waals surface area contributed by atoms with Crippen molar-refractivity contribution in [1.82, 2.24) is 14.9 Å². The number of methoxy groups -OCH3 is 1. The van der Waals surface area contributed by atoms with E-state index in [1.54, 1.807) is 43.5 Å². The Morgan fingerprint density at radius 3 is 2.52 bits per heavy atom. The van der Waals surface area contributed by atoms with Gasteiger partial charge in [0.2, 0.25) is 0 Å². The van der Waals surface area contributed by atoms with Gasteiger partial charge in [-0.1, -0.05) is 6.07 Å². The van der Waals surface area contributed by atoms with Crippen molar-refractivity contribution in [3.05, 3.63) is 35.7 Å². The minimum Gasteiger partial charge on any atom is -0.496 e. The third kappa shape index (κ3) is 5.21. The number of ether oxygens (including phenoxy) is 2. The molecule has 1 aliphatic rings. The minimum absolute atomic E-state index is 0.0202. The van der Waals surface area contributed by atoms with E-state index < -0.39 is 23.6 Å². The summed E-state index contributed by atoms with van der Waals surface area (Å²) < 4.78 is 51.6. The number of alkyl halides is 3. The molecular formula is C20H24F3N3O3. The average Bonchev–Trinajstić information content (AvgIpc) is 3.35. The van der Waals surface area contributed by atoms with Crippen molar-refractivity contribution in [2.45, 2.75) is 58.0 Å². The van der Waals surface area contributed by atoms with Crippen LogP contribution in [0.25, 0.3) is 11.4 Å². The Hall–Kier alpha value is -2.71. The van der Waals surface area contributed by atoms with E-state index in [1.165, 1.54) is 7.11 Å². The van der Waals surface area contributed by atoms with Crippen LogP contribution in [0.4, 0.5) is 18.0 Å². The van der Waals surface area contributed by atoms with Gasteiger partial charge in [0.25, 0.3) is 0 Å². The van der Waals surface area contributed by atoms with Gasteiger partial charge in [-0.3, -0.25) is 0 Å². The third-order valence-corrected chi connectivity index (χ3v) is 4.31. The van der Waals surface area contributed by atoms with Crippen LogP contribution in [-0.2, 0) is 17.5 Å². The molecular weight excluding hydrogens is 387 g/mol. The molecule has 1 heterocycles. The van der Waals surface area contributed by atoms with Gasteiger partial charge in [0.15, 0.2) is 5.69 Å². The Labute approximate surface area is 167 Å². The first-order chi connectivity index (χ1) is 13.5. The molecule has 1 amide bonds. The highest BCUT2D eigenvalue weighted by Crippen LogP contribution is 2.42. The van der Waals surface area contributed by atoms with E-state index in [2.05, 4.69) is 10.3 Å². The Morgan fingerprint density at radius 2 is 1.97 bits per heavy atom. The number of carbonyl (C=O) groups excluding carboxylic acids is 1. The van der Waals surface area contributed by atoms with Gasteiger partial charge < -0.3 is 19.4 Å². The number of carbonyl (C=O) groups is 1. The lowest BCUT2D eigenvalue weighted by atomic mass is 10.1. The van der Waals surface area contributed by atoms with Gasteiger partial charge in [0, 0.05) is 18.8 Å². The van der Waals surface area contributed by atoms with Crippen LogP contribution in [0.3, 0.4) is 0 Å². The summed E-state index contributed by atoms with van der Waals surface area (Å²) >= 11 is 0. The zero-order valence-corrected chi connectivity index (χ0v) is 16.8. The summed E-state index contributed by atoms with van der Waals surface area (Å²) in [5.74, 6) is 0.609. The summed E-state index contributed by atoms with van der Waals surface area (Å²) in [7, 11) is 1.44. The number of hydrogen-bond acceptors (Lipinski definition) is 4. The minimum atomic E-state index is -4.51. The zero-order valence-electron chi connectivity index (χ0n) is 16.8. The fourth-order valence-electron chi connectivity index (χ4n) is 2.88. The lowest BCUT2D eigenvalue weighted by Crippen LogP contribution is -2.32. The fraction of sp³-hybridized carbons (Fsp3) is 0.500. The molecule has 0 bridgehead atoms. The molecule has 2 aromatic rings. The molecule has 1 aliphatic carbocycles. The van der Waals surface area contributed by atoms with Crippen molar-refractivity contribution in [3.8, 4) is 17.1 Å². The summed E-state index contributed by atoms with van der Waals surface area (Å²) in [5.41, 5.74) is -0.341. The highest BCUT2D eigenvalue weighted by Gasteiger charge is 2.37. The van der Waals surface area contributed by atoms with Crippen LogP contribution in [0, 0.1) is 0 Å². The van der Waals surface area contributed by atoms with Crippen LogP contribution >= 0.6 is 0 Å². The summed E-state index contributed by atoms with van der Waals surface area (Å²) in [4.78, 5) is 15.6. The number of alkyl carbamates (subject to hydrolysis) is 1. The van der Waals surface area contributed by atoms with Crippen molar-refractivity contribution < 1.29 is 27.4 Å². The maximum atomic E-state index is 13.2. The Bertz CT molecular complexity index is 897. The Morgan fingerprint density at radius 1 is 1.28 bits per heavy atom. The normalized spacial score (nSPS) is 14.6. The molecule has 1 fully saturated rings. The number of nitrogens with one attached hydrogen (secondary N) is 1. The quantitative estimate of drug-likeness (QED) is 0.757. The molecule has 1 saturated carbocycles. The molecule has 0 aliphatic heterocycles. The van der Waals surface area contributed by atoms with Crippen LogP contribution in [0.2, 0.25) is 0 Å². The van der Waals surface area contributed by atoms with Gasteiger partial charge in [0.1, 0.15) is 17.2 Å².